The summed E-state index contributed by atoms with van der Waals surface area (Å²) in [6, 6.07) is 26.1. The molecule has 0 aliphatic rings. The number of oxazole rings is 2. The summed E-state index contributed by atoms with van der Waals surface area (Å²) in [6.45, 7) is 11.8. The van der Waals surface area contributed by atoms with E-state index in [1.54, 1.807) is 50.9 Å². The molecule has 0 saturated heterocycles. The van der Waals surface area contributed by atoms with Crippen LogP contribution >= 0.6 is 0 Å². The standard InChI is InChI=1S/C24H26N4O5.C22H24N4O4.C4H6O3/c1-17(29)26-19-7-5-18(6-8-19)14-24(2,3)28-33-12-11-32-27-20-9-10-21(22(13-20)30-4)23-15-25-16-31-23;1-22(2,13-16-4-6-17(23)7-5-16)26-30-11-10-29-25-18-8-9-19(20(12-18)27-3)21-14-24-15-28-21;1-3(5)7-4(2)6/h5-10,13,15-16,27-28H,14H2,1-4H3,(H,26,29);4-9,12,14-15,25-26H,13,23H2,1-3H3;1-2H3. The molecule has 0 aliphatic heterocycles. The maximum atomic E-state index is 11.1. The lowest BCUT2D eigenvalue weighted by Crippen LogP contribution is -2.40. The van der Waals surface area contributed by atoms with E-state index in [0.29, 0.717) is 40.8 Å². The minimum atomic E-state index is -0.562. The van der Waals surface area contributed by atoms with Crippen LogP contribution in [0.5, 0.6) is 11.5 Å². The highest BCUT2D eigenvalue weighted by Crippen LogP contribution is 2.33. The van der Waals surface area contributed by atoms with Crippen LogP contribution in [0, 0.1) is 24.4 Å². The van der Waals surface area contributed by atoms with Crippen molar-refractivity contribution in [3.63, 3.8) is 0 Å². The molecule has 6 rings (SSSR count). The van der Waals surface area contributed by atoms with Crippen molar-refractivity contribution in [3.8, 4) is 58.6 Å². The van der Waals surface area contributed by atoms with Crippen molar-refractivity contribution in [1.82, 2.24) is 20.9 Å². The van der Waals surface area contributed by atoms with Gasteiger partial charge in [0, 0.05) is 44.3 Å². The number of hydroxylamine groups is 2. The molecular weight excluding hydrogens is 905 g/mol. The highest BCUT2D eigenvalue weighted by atomic mass is 16.7. The van der Waals surface area contributed by atoms with Crippen LogP contribution in [0.1, 0.15) is 59.6 Å². The minimum Gasteiger partial charge on any atom is -0.496 e. The highest BCUT2D eigenvalue weighted by Gasteiger charge is 2.20. The largest absolute Gasteiger partial charge is 0.496 e. The van der Waals surface area contributed by atoms with Crippen molar-refractivity contribution < 1.29 is 56.8 Å². The monoisotopic (exact) mass is 960 g/mol. The Morgan fingerprint density at radius 1 is 0.586 bits per heavy atom. The van der Waals surface area contributed by atoms with Gasteiger partial charge in [-0.15, -0.1) is 11.0 Å². The van der Waals surface area contributed by atoms with Crippen LogP contribution in [0.15, 0.2) is 119 Å². The fourth-order valence-corrected chi connectivity index (χ4v) is 6.03. The van der Waals surface area contributed by atoms with E-state index in [1.165, 1.54) is 33.6 Å². The van der Waals surface area contributed by atoms with Gasteiger partial charge in [-0.25, -0.2) is 20.9 Å². The molecule has 20 heteroatoms. The topological polar surface area (TPSA) is 254 Å². The highest BCUT2D eigenvalue weighted by molar-refractivity contribution is 5.88. The molecule has 0 aliphatic carbocycles. The van der Waals surface area contributed by atoms with Crippen molar-refractivity contribution in [3.05, 3.63) is 121 Å². The zero-order chi connectivity index (χ0) is 50.9. The molecule has 2 heterocycles. The molecule has 1 amide bonds. The molecule has 0 saturated carbocycles. The molecule has 368 valence electrons. The number of anilines is 4. The second-order valence-electron chi connectivity index (χ2n) is 16.1. The van der Waals surface area contributed by atoms with Crippen LogP contribution in [-0.2, 0) is 51.3 Å². The SMILES string of the molecule is CC(=O)OC(C)=O.COc1cc(NOC#CONC(C)(C)Cc2ccc(N)cc2)ccc1-c1cnco1.COc1cc(NOC#CONC(C)(C)Cc2ccc(NC(C)=O)cc2)ccc1-c1cnco1. The van der Waals surface area contributed by atoms with Crippen LogP contribution in [0.3, 0.4) is 0 Å². The number of aromatic nitrogens is 2. The Kier molecular flexibility index (Phi) is 20.8. The summed E-state index contributed by atoms with van der Waals surface area (Å²) in [5, 5.41) is 2.74. The number of nitrogens with zero attached hydrogens (tertiary/aromatic N) is 2. The number of nitrogen functional groups attached to an aromatic ring is 1. The Morgan fingerprint density at radius 3 is 1.34 bits per heavy atom. The fourth-order valence-electron chi connectivity index (χ4n) is 6.03. The Bertz CT molecular complexity index is 2690. The van der Waals surface area contributed by atoms with Gasteiger partial charge in [-0.3, -0.25) is 14.4 Å². The molecule has 2 aromatic heterocycles. The van der Waals surface area contributed by atoms with Crippen LogP contribution in [0.4, 0.5) is 22.7 Å². The van der Waals surface area contributed by atoms with Gasteiger partial charge in [0.1, 0.15) is 11.5 Å². The molecule has 6 aromatic rings. The smallest absolute Gasteiger partial charge is 0.310 e. The maximum Gasteiger partial charge on any atom is 0.310 e. The first-order chi connectivity index (χ1) is 33.5. The lowest BCUT2D eigenvalue weighted by Gasteiger charge is -2.23. The molecule has 0 unspecified atom stereocenters. The minimum absolute atomic E-state index is 0.101. The number of hydrogen-bond acceptors (Lipinski definition) is 19. The number of nitrogens with two attached hydrogens (primary N) is 1. The summed E-state index contributed by atoms with van der Waals surface area (Å²) in [4.78, 5) is 59.2. The molecule has 0 fully saturated rings. The van der Waals surface area contributed by atoms with Crippen molar-refractivity contribution >= 4 is 40.6 Å². The number of methoxy groups -OCH3 is 2. The van der Waals surface area contributed by atoms with E-state index >= 15 is 0 Å². The summed E-state index contributed by atoms with van der Waals surface area (Å²) >= 11 is 0. The average molecular weight is 961 g/mol. The Morgan fingerprint density at radius 2 is 0.986 bits per heavy atom. The first-order valence-corrected chi connectivity index (χ1v) is 21.2. The van der Waals surface area contributed by atoms with Gasteiger partial charge in [0.05, 0.1) is 60.2 Å². The van der Waals surface area contributed by atoms with Crippen molar-refractivity contribution in [1.29, 1.82) is 0 Å². The van der Waals surface area contributed by atoms with E-state index in [9.17, 15) is 14.4 Å². The van der Waals surface area contributed by atoms with E-state index in [0.717, 1.165) is 40.0 Å². The zero-order valence-corrected chi connectivity index (χ0v) is 40.2. The molecular formula is C50H56N8O12. The summed E-state index contributed by atoms with van der Waals surface area (Å²) in [5.41, 5.74) is 22.8. The Balaban J connectivity index is 0.000000269. The van der Waals surface area contributed by atoms with E-state index in [-0.39, 0.29) is 17.0 Å². The molecule has 0 atom stereocenters. The van der Waals surface area contributed by atoms with E-state index in [4.69, 9.17) is 43.4 Å². The second-order valence-corrected chi connectivity index (χ2v) is 16.1. The number of benzene rings is 4. The fraction of sp³-hybridized carbons (Fsp3) is 0.260. The Hall–Kier alpha value is -8.85. The molecule has 70 heavy (non-hydrogen) atoms. The van der Waals surface area contributed by atoms with Gasteiger partial charge >= 0.3 is 11.9 Å². The third-order valence-electron chi connectivity index (χ3n) is 8.91. The van der Waals surface area contributed by atoms with E-state index < -0.39 is 11.9 Å². The second kappa shape index (κ2) is 27.1. The number of carbonyl (C=O) groups is 3. The number of carbonyl (C=O) groups excluding carboxylic acids is 3. The number of amides is 1. The first-order valence-electron chi connectivity index (χ1n) is 21.2. The summed E-state index contributed by atoms with van der Waals surface area (Å²) < 4.78 is 25.4. The zero-order valence-electron chi connectivity index (χ0n) is 40.2. The molecule has 0 bridgehead atoms. The number of nitrogens with one attached hydrogen (secondary N) is 5. The number of esters is 2. The molecule has 7 N–H and O–H groups in total. The van der Waals surface area contributed by atoms with Gasteiger partial charge in [-0.05, 0) is 100 Å². The van der Waals surface area contributed by atoms with E-state index in [1.807, 2.05) is 88.4 Å². The number of hydrogen-bond donors (Lipinski definition) is 6. The van der Waals surface area contributed by atoms with Gasteiger partial charge in [0.2, 0.25) is 5.91 Å². The predicted molar refractivity (Wildman–Crippen MR) is 260 cm³/mol. The van der Waals surface area contributed by atoms with Gasteiger partial charge in [-0.2, -0.15) is 0 Å². The first kappa shape index (κ1) is 53.8. The molecule has 0 radical (unpaired) electrons. The van der Waals surface area contributed by atoms with Crippen LogP contribution in [-0.4, -0.2) is 53.1 Å². The van der Waals surface area contributed by atoms with Crippen LogP contribution in [0.2, 0.25) is 0 Å². The molecule has 20 nitrogen and oxygen atoms in total. The van der Waals surface area contributed by atoms with Gasteiger partial charge in [-0.1, -0.05) is 24.3 Å². The summed E-state index contributed by atoms with van der Waals surface area (Å²) in [6.07, 6.45) is 17.1. The molecule has 0 spiro atoms. The lowest BCUT2D eigenvalue weighted by molar-refractivity contribution is -0.156. The van der Waals surface area contributed by atoms with Gasteiger partial charge in [0.25, 0.3) is 0 Å². The van der Waals surface area contributed by atoms with Crippen molar-refractivity contribution in [2.24, 2.45) is 0 Å². The van der Waals surface area contributed by atoms with Crippen LogP contribution in [0.25, 0.3) is 22.6 Å². The molecule has 4 aromatic carbocycles. The quantitative estimate of drug-likeness (QED) is 0.0167. The van der Waals surface area contributed by atoms with Crippen molar-refractivity contribution in [2.45, 2.75) is 72.4 Å². The maximum absolute atomic E-state index is 11.1. The summed E-state index contributed by atoms with van der Waals surface area (Å²) in [7, 11) is 3.14. The van der Waals surface area contributed by atoms with Gasteiger partial charge < -0.3 is 53.4 Å². The number of ether oxygens (including phenoxy) is 3. The predicted octanol–water partition coefficient (Wildman–Crippen LogP) is 7.95. The van der Waals surface area contributed by atoms with Gasteiger partial charge in [0.15, 0.2) is 48.7 Å². The summed E-state index contributed by atoms with van der Waals surface area (Å²) in [5.74, 6) is 1.19. The lowest BCUT2D eigenvalue weighted by atomic mass is 9.96. The number of rotatable bonds is 17. The van der Waals surface area contributed by atoms with Crippen LogP contribution < -0.4 is 42.4 Å². The normalized spacial score (nSPS) is 10.3. The Labute approximate surface area is 405 Å². The third-order valence-corrected chi connectivity index (χ3v) is 8.91. The van der Waals surface area contributed by atoms with E-state index in [2.05, 4.69) is 66.4 Å². The average Bonchev–Trinajstić information content (AvgIpc) is 4.06. The third kappa shape index (κ3) is 19.5. The van der Waals surface area contributed by atoms with Crippen molar-refractivity contribution in [2.75, 3.05) is 36.2 Å².